The Kier molecular flexibility index (Phi) is 5.15. The Labute approximate surface area is 197 Å². The molecular weight excluding hydrogens is 446 g/mol. The third kappa shape index (κ3) is 2.87. The van der Waals surface area contributed by atoms with Crippen LogP contribution in [0.2, 0.25) is 0 Å². The molecule has 1 aromatic carbocycles. The summed E-state index contributed by atoms with van der Waals surface area (Å²) in [6.45, 7) is 0.915. The Balaban J connectivity index is 1.37. The smallest absolute Gasteiger partial charge is 0.335 e. The molecule has 0 radical (unpaired) electrons. The summed E-state index contributed by atoms with van der Waals surface area (Å²) in [4.78, 5) is 14.0. The number of carboxylic acids is 1. The molecule has 1 saturated carbocycles. The van der Waals surface area contributed by atoms with Crippen LogP contribution >= 0.6 is 0 Å². The van der Waals surface area contributed by atoms with Gasteiger partial charge in [-0.3, -0.25) is 0 Å². The molecule has 4 N–H and O–H groups in total. The highest BCUT2D eigenvalue weighted by Crippen LogP contribution is 2.64. The maximum atomic E-state index is 11.5. The fourth-order valence-corrected chi connectivity index (χ4v) is 7.32. The second-order valence-corrected chi connectivity index (χ2v) is 10.3. The average Bonchev–Trinajstić information content (AvgIpc) is 3.17. The lowest BCUT2D eigenvalue weighted by Gasteiger charge is -2.59. The number of ether oxygens (including phenoxy) is 4. The second kappa shape index (κ2) is 7.78. The summed E-state index contributed by atoms with van der Waals surface area (Å²) in [7, 11) is 3.79. The van der Waals surface area contributed by atoms with Crippen LogP contribution in [0, 0.1) is 5.92 Å². The lowest BCUT2D eigenvalue weighted by Crippen LogP contribution is -2.67. The van der Waals surface area contributed by atoms with Crippen molar-refractivity contribution in [1.82, 2.24) is 4.90 Å². The highest BCUT2D eigenvalue weighted by molar-refractivity contribution is 5.73. The van der Waals surface area contributed by atoms with Crippen LogP contribution in [-0.2, 0) is 26.1 Å². The number of piperidine rings is 1. The Morgan fingerprint density at radius 2 is 1.97 bits per heavy atom. The van der Waals surface area contributed by atoms with Gasteiger partial charge in [-0.05, 0) is 56.8 Å². The third-order valence-corrected chi connectivity index (χ3v) is 8.87. The van der Waals surface area contributed by atoms with Crippen LogP contribution in [0.3, 0.4) is 0 Å². The molecule has 2 bridgehead atoms. The molecule has 34 heavy (non-hydrogen) atoms. The van der Waals surface area contributed by atoms with E-state index < -0.39 is 42.8 Å². The number of methoxy groups -OCH3 is 1. The predicted molar refractivity (Wildman–Crippen MR) is 116 cm³/mol. The summed E-state index contributed by atoms with van der Waals surface area (Å²) in [5, 5.41) is 40.2. The number of carboxylic acid groups (broad SMARTS) is 1. The maximum Gasteiger partial charge on any atom is 0.335 e. The quantitative estimate of drug-likeness (QED) is 0.455. The Morgan fingerprint density at radius 1 is 1.18 bits per heavy atom. The number of aliphatic hydroxyl groups excluding tert-OH is 3. The Bertz CT molecular complexity index is 1000. The first-order valence-electron chi connectivity index (χ1n) is 11.9. The van der Waals surface area contributed by atoms with Gasteiger partial charge in [-0.2, -0.15) is 0 Å². The van der Waals surface area contributed by atoms with E-state index in [-0.39, 0.29) is 11.5 Å². The van der Waals surface area contributed by atoms with E-state index in [9.17, 15) is 25.2 Å². The zero-order chi connectivity index (χ0) is 23.9. The van der Waals surface area contributed by atoms with Gasteiger partial charge >= 0.3 is 5.97 Å². The number of carbonyl (C=O) groups is 1. The van der Waals surface area contributed by atoms with E-state index in [1.807, 2.05) is 6.07 Å². The number of aliphatic carboxylic acids is 1. The number of likely N-dealkylation sites (tertiary alicyclic amines) is 1. The molecule has 10 atom stereocenters. The molecule has 1 spiro atoms. The summed E-state index contributed by atoms with van der Waals surface area (Å²) >= 11 is 0. The van der Waals surface area contributed by atoms with Crippen molar-refractivity contribution < 1.29 is 44.2 Å². The number of aliphatic hydroxyl groups is 3. The van der Waals surface area contributed by atoms with Gasteiger partial charge in [-0.15, -0.1) is 0 Å². The molecular formula is C24H31NO9. The topological polar surface area (TPSA) is 138 Å². The zero-order valence-electron chi connectivity index (χ0n) is 19.2. The van der Waals surface area contributed by atoms with Crippen molar-refractivity contribution in [1.29, 1.82) is 0 Å². The summed E-state index contributed by atoms with van der Waals surface area (Å²) in [5.74, 6) is 0.361. The molecule has 2 aliphatic carbocycles. The van der Waals surface area contributed by atoms with Crippen LogP contribution < -0.4 is 9.47 Å². The number of hydrogen-bond acceptors (Lipinski definition) is 9. The van der Waals surface area contributed by atoms with E-state index in [0.29, 0.717) is 24.1 Å². The molecule has 10 heteroatoms. The standard InChI is InChI=1S/C24H31NO9/c1-25-8-7-24-11-4-6-14(32-23-18(28)16(26)17(27)20(34-23)22(29)30)21(24)33-19-13(31-2)5-3-10(15(19)24)9-12(11)25/h3,5,11-12,14,16-18,20-21,23,26-28H,4,6-9H2,1-2H3,(H,29,30)/t11-,12+,14-,16-,17-,18+,20-,21-,23?,24-/m0/s1. The summed E-state index contributed by atoms with van der Waals surface area (Å²) in [6, 6.07) is 4.45. The minimum atomic E-state index is -1.76. The molecule has 5 aliphatic rings. The minimum Gasteiger partial charge on any atom is -0.493 e. The van der Waals surface area contributed by atoms with Gasteiger partial charge in [-0.25, -0.2) is 4.79 Å². The molecule has 1 aromatic rings. The monoisotopic (exact) mass is 477 g/mol. The highest BCUT2D eigenvalue weighted by atomic mass is 16.7. The van der Waals surface area contributed by atoms with Crippen LogP contribution in [0.15, 0.2) is 12.1 Å². The van der Waals surface area contributed by atoms with Crippen LogP contribution in [0.4, 0.5) is 0 Å². The number of benzene rings is 1. The molecule has 6 rings (SSSR count). The average molecular weight is 478 g/mol. The molecule has 10 nitrogen and oxygen atoms in total. The first-order chi connectivity index (χ1) is 16.3. The fraction of sp³-hybridized carbons (Fsp3) is 0.708. The minimum absolute atomic E-state index is 0.276. The van der Waals surface area contributed by atoms with E-state index in [1.165, 1.54) is 11.1 Å². The lowest BCUT2D eigenvalue weighted by molar-refractivity contribution is -0.315. The van der Waals surface area contributed by atoms with Gasteiger partial charge in [0.05, 0.1) is 13.2 Å². The molecule has 0 aromatic heterocycles. The van der Waals surface area contributed by atoms with Gasteiger partial charge in [0.2, 0.25) is 0 Å². The van der Waals surface area contributed by atoms with Gasteiger partial charge in [0.15, 0.2) is 23.9 Å². The first kappa shape index (κ1) is 22.5. The molecule has 186 valence electrons. The van der Waals surface area contributed by atoms with E-state index >= 15 is 0 Å². The fourth-order valence-electron chi connectivity index (χ4n) is 7.32. The van der Waals surface area contributed by atoms with Crippen molar-refractivity contribution >= 4 is 5.97 Å². The molecule has 0 amide bonds. The maximum absolute atomic E-state index is 11.5. The van der Waals surface area contributed by atoms with Crippen molar-refractivity contribution in [3.05, 3.63) is 23.3 Å². The van der Waals surface area contributed by atoms with Gasteiger partial charge in [0.25, 0.3) is 0 Å². The van der Waals surface area contributed by atoms with E-state index in [2.05, 4.69) is 18.0 Å². The van der Waals surface area contributed by atoms with Crippen molar-refractivity contribution in [3.8, 4) is 11.5 Å². The number of nitrogens with zero attached hydrogens (tertiary/aromatic N) is 1. The molecule has 3 aliphatic heterocycles. The highest BCUT2D eigenvalue weighted by Gasteiger charge is 2.66. The number of rotatable bonds is 4. The first-order valence-corrected chi connectivity index (χ1v) is 11.9. The van der Waals surface area contributed by atoms with Crippen LogP contribution in [0.1, 0.15) is 30.4 Å². The predicted octanol–water partition coefficient (Wildman–Crippen LogP) is -0.358. The van der Waals surface area contributed by atoms with Crippen molar-refractivity contribution in [3.63, 3.8) is 0 Å². The third-order valence-electron chi connectivity index (χ3n) is 8.87. The largest absolute Gasteiger partial charge is 0.493 e. The number of hydrogen-bond donors (Lipinski definition) is 4. The van der Waals surface area contributed by atoms with Gasteiger partial charge in [0, 0.05) is 17.0 Å². The van der Waals surface area contributed by atoms with Crippen molar-refractivity contribution in [2.24, 2.45) is 5.92 Å². The van der Waals surface area contributed by atoms with E-state index in [4.69, 9.17) is 18.9 Å². The van der Waals surface area contributed by atoms with Crippen molar-refractivity contribution in [2.45, 2.75) is 80.1 Å². The molecule has 1 unspecified atom stereocenters. The van der Waals surface area contributed by atoms with Crippen LogP contribution in [0.5, 0.6) is 11.5 Å². The molecule has 2 saturated heterocycles. The normalized spacial score (nSPS) is 44.8. The Morgan fingerprint density at radius 3 is 2.71 bits per heavy atom. The Hall–Kier alpha value is -1.95. The molecule has 3 heterocycles. The summed E-state index contributed by atoms with van der Waals surface area (Å²) in [6.07, 6.45) is -5.67. The second-order valence-electron chi connectivity index (χ2n) is 10.3. The SMILES string of the molecule is COc1ccc2c3c1O[C@H]1[C@@H](OC4O[C@H](C(=O)O)[C@@H](O)[C@H](O)[C@H]4O)CC[C@H]4[C@@H](C2)N(C)CC[C@@]341. The van der Waals surface area contributed by atoms with Crippen LogP contribution in [-0.4, -0.2) is 101 Å². The summed E-state index contributed by atoms with van der Waals surface area (Å²) < 4.78 is 23.9. The van der Waals surface area contributed by atoms with Gasteiger partial charge in [0.1, 0.15) is 24.4 Å². The van der Waals surface area contributed by atoms with E-state index in [1.54, 1.807) is 7.11 Å². The van der Waals surface area contributed by atoms with Crippen LogP contribution in [0.25, 0.3) is 0 Å². The van der Waals surface area contributed by atoms with Crippen molar-refractivity contribution in [2.75, 3.05) is 20.7 Å². The summed E-state index contributed by atoms with van der Waals surface area (Å²) in [5.41, 5.74) is 2.18. The lowest BCUT2D eigenvalue weighted by atomic mass is 9.51. The van der Waals surface area contributed by atoms with Gasteiger partial charge in [-0.1, -0.05) is 6.07 Å². The molecule has 3 fully saturated rings. The van der Waals surface area contributed by atoms with Gasteiger partial charge < -0.3 is 44.3 Å². The number of likely N-dealkylation sites (N-methyl/N-ethyl adjacent to an activating group) is 1. The van der Waals surface area contributed by atoms with E-state index in [0.717, 1.165) is 31.6 Å². The zero-order valence-corrected chi connectivity index (χ0v) is 19.2.